The van der Waals surface area contributed by atoms with E-state index in [1.165, 1.54) is 66.6 Å². The number of aromatic nitrogens is 16. The summed E-state index contributed by atoms with van der Waals surface area (Å²) in [5.74, 6) is -0.636. The van der Waals surface area contributed by atoms with Gasteiger partial charge in [-0.2, -0.15) is 9.97 Å². The topological polar surface area (TPSA) is 654 Å². The molecule has 8 aliphatic heterocycles. The molecule has 59 heteroatoms. The van der Waals surface area contributed by atoms with Crippen LogP contribution in [0.15, 0.2) is 66.5 Å². The van der Waals surface area contributed by atoms with Crippen molar-refractivity contribution in [3.05, 3.63) is 111 Å². The molecule has 6 bridgehead atoms. The maximum atomic E-state index is 15.4. The Labute approximate surface area is 673 Å². The number of nitrogen functional groups attached to an aromatic ring is 3. The van der Waals surface area contributed by atoms with Crippen LogP contribution in [0, 0.1) is 13.8 Å². The molecule has 11 N–H and O–H groups in total. The van der Waals surface area contributed by atoms with Crippen LogP contribution in [0.4, 0.5) is 17.7 Å². The quantitative estimate of drug-likeness (QED) is 0.0163. The third kappa shape index (κ3) is 15.1. The summed E-state index contributed by atoms with van der Waals surface area (Å²) in [5, 5.41) is 11.0. The zero-order valence-electron chi connectivity index (χ0n) is 60.5. The van der Waals surface area contributed by atoms with Crippen LogP contribution in [-0.2, 0) is 147 Å². The molecule has 16 heterocycles. The van der Waals surface area contributed by atoms with Gasteiger partial charge in [-0.3, -0.25) is 66.5 Å². The van der Waals surface area contributed by atoms with Gasteiger partial charge in [-0.15, -0.1) is 0 Å². The molecule has 8 saturated heterocycles. The van der Waals surface area contributed by atoms with Gasteiger partial charge in [0.15, 0.2) is 59.3 Å². The minimum atomic E-state index is -5.17. The van der Waals surface area contributed by atoms with Crippen LogP contribution in [0.1, 0.15) is 75.9 Å². The maximum absolute atomic E-state index is 15.4. The van der Waals surface area contributed by atoms with Crippen molar-refractivity contribution >= 4 is 144 Å². The standard InChI is InChI=1S/C57H72N19O30P5S5/c1-20-9-72(53(82)70-44(20)78)29-7-25(102-107(84,112)89-6)27(97-29)11-90-108(85,113)103-26-8-30(74-17-64-32-42(74)66-51(59)68-46(32)80)98-28(26)12-91-109(86,114)105-39-36-49(75-18-63-31-40(58)61-16-62-41(31)75)101-57(39,24(5)96-36)15-93-111(88,116)106-38-35-48(73-10-21(2)45(79)71-54(73)83)100-56(38,23(4)95-35)14-92-110(87,115)104-37-34-50(99-55(37,13-77)22(3)94-34)76-19-65-33-43(76)67-52(60)69-47(33)81/h9-10,16-19,22-30,34-39,48-50,77H,7-8,11-15H2,1-6H3,(H,84,112)(H,85,113)(H,86,114)(H,87,115)(H,88,116)(H2,58,61,62)(H,70,78,82)(H,71,79,83)(H3,59,66,68,80)(H3,60,67,69,81)/p-5/t22-,23-,24-,25+,26+,27+,28+,29+,30+,34?,35?,36?,37+,38+,39+,48+,49+,50+,55-,56-,57-,107?,108?,109?,110?,111?/m0/s1. The Morgan fingerprint density at radius 1 is 0.534 bits per heavy atom. The van der Waals surface area contributed by atoms with E-state index in [1.54, 1.807) is 6.92 Å². The Hall–Kier alpha value is -5.73. The normalized spacial score (nSPS) is 34.6. The number of anilines is 3. The van der Waals surface area contributed by atoms with Crippen molar-refractivity contribution in [2.45, 2.75) is 175 Å². The van der Waals surface area contributed by atoms with E-state index in [2.05, 4.69) is 54.8 Å². The Bertz CT molecular complexity index is 5900. The minimum Gasteiger partial charge on any atom is -0.780 e. The number of rotatable bonds is 29. The number of aliphatic hydroxyl groups is 1. The first kappa shape index (κ1) is 83.9. The predicted octanol–water partition coefficient (Wildman–Crippen LogP) is -4.08. The molecular weight excluding hydrogens is 1750 g/mol. The Morgan fingerprint density at radius 3 is 1.48 bits per heavy atom. The average molecular weight is 1810 g/mol. The third-order valence-electron chi connectivity index (χ3n) is 21.2. The number of nitrogens with one attached hydrogen (secondary N) is 4. The zero-order chi connectivity index (χ0) is 82.8. The predicted molar refractivity (Wildman–Crippen MR) is 400 cm³/mol. The van der Waals surface area contributed by atoms with Crippen LogP contribution >= 0.6 is 33.7 Å². The SMILES string of the molecule is COP([O-])(=S)O[C@@H]1C[C@H](n2cc(C)c(=O)[nH]c2=O)O[C@@H]1COP(=O)([S-])O[C@@H]1C[C@H](n2cnc3c(=O)[nH]c(N)nc32)O[C@@H]1COP([O-])(=S)O[C@@H]1C2O[C@@H](C)[C@]1(COP([O-])(=S)O[C@@H]1C3O[C@@H](C)[C@]1(COP([O-])(=S)O[C@@H]1C4O[C@@H](C)[C@]1(CO)O[C@H]4n1cnc4c(=O)[nH]c(N)nc41)O[C@H]3n1cc(C)c(=O)[nH]c1=O)O[C@H]2n1cnc2c(N)ncnc21. The molecule has 8 fully saturated rings. The monoisotopic (exact) mass is 1810 g/mol. The van der Waals surface area contributed by atoms with Crippen molar-refractivity contribution in [3.63, 3.8) is 0 Å². The molecule has 0 aliphatic carbocycles. The largest absolute Gasteiger partial charge is 0.780 e. The molecule has 8 aliphatic rings. The number of nitrogens with zero attached hydrogens (tertiary/aromatic N) is 12. The van der Waals surface area contributed by atoms with Crippen LogP contribution in [0.3, 0.4) is 0 Å². The highest BCUT2D eigenvalue weighted by Gasteiger charge is 2.71. The van der Waals surface area contributed by atoms with Crippen molar-refractivity contribution in [1.29, 1.82) is 0 Å². The Morgan fingerprint density at radius 2 is 0.957 bits per heavy atom. The highest BCUT2D eigenvalue weighted by atomic mass is 32.7. The number of imidazole rings is 3. The first-order chi connectivity index (χ1) is 54.6. The number of H-pyrrole nitrogens is 4. The summed E-state index contributed by atoms with van der Waals surface area (Å²) in [7, 11) is 1.03. The second-order valence-corrected chi connectivity index (χ2v) is 41.7. The summed E-state index contributed by atoms with van der Waals surface area (Å²) >= 11 is 27.4. The van der Waals surface area contributed by atoms with Crippen LogP contribution in [0.2, 0.25) is 0 Å². The number of fused-ring (bicyclic) bond motifs is 9. The number of aliphatic hydroxyl groups excluding tert-OH is 1. The van der Waals surface area contributed by atoms with E-state index in [0.29, 0.717) is 0 Å². The van der Waals surface area contributed by atoms with Gasteiger partial charge in [-0.25, -0.2) is 34.5 Å². The first-order valence-corrected chi connectivity index (χ1v) is 47.5. The number of aryl methyl sites for hydroxylation is 2. The molecule has 26 atom stereocenters. The average Bonchev–Trinajstić information content (AvgIpc) is 1.55. The molecule has 8 aromatic heterocycles. The van der Waals surface area contributed by atoms with E-state index in [4.69, 9.17) is 160 Å². The second-order valence-electron chi connectivity index (χ2n) is 28.0. The van der Waals surface area contributed by atoms with Gasteiger partial charge in [-0.1, -0.05) is 47.2 Å². The highest BCUT2D eigenvalue weighted by Crippen LogP contribution is 2.62. The molecule has 8 unspecified atom stereocenters. The summed E-state index contributed by atoms with van der Waals surface area (Å²) in [6.07, 6.45) is -18.4. The van der Waals surface area contributed by atoms with Gasteiger partial charge in [0.05, 0.1) is 82.5 Å². The van der Waals surface area contributed by atoms with Gasteiger partial charge >= 0.3 is 11.4 Å². The van der Waals surface area contributed by atoms with Crippen LogP contribution in [0.25, 0.3) is 33.5 Å². The van der Waals surface area contributed by atoms with Gasteiger partial charge in [0.1, 0.15) is 117 Å². The van der Waals surface area contributed by atoms with Gasteiger partial charge < -0.3 is 137 Å². The fraction of sp³-hybridized carbons (Fsp3) is 0.596. The van der Waals surface area contributed by atoms with Crippen molar-refractivity contribution < 1.29 is 112 Å². The van der Waals surface area contributed by atoms with Gasteiger partial charge in [0.2, 0.25) is 11.9 Å². The van der Waals surface area contributed by atoms with Crippen molar-refractivity contribution in [3.8, 4) is 0 Å². The Balaban J connectivity index is 0.665. The number of hydrogen-bond donors (Lipinski definition) is 8. The smallest absolute Gasteiger partial charge is 0.330 e. The number of ether oxygens (including phenoxy) is 8. The molecule has 49 nitrogen and oxygen atoms in total. The van der Waals surface area contributed by atoms with E-state index in [-0.39, 0.29) is 75.2 Å². The van der Waals surface area contributed by atoms with Crippen molar-refractivity contribution in [2.24, 2.45) is 0 Å². The van der Waals surface area contributed by atoms with E-state index in [1.807, 2.05) is 0 Å². The molecule has 0 saturated carbocycles. The zero-order valence-corrected chi connectivity index (χ0v) is 69.0. The van der Waals surface area contributed by atoms with E-state index >= 15 is 9.79 Å². The molecule has 16 rings (SSSR count). The fourth-order valence-electron chi connectivity index (χ4n) is 15.4. The van der Waals surface area contributed by atoms with Crippen LogP contribution in [-0.4, -0.2) is 219 Å². The van der Waals surface area contributed by atoms with Crippen LogP contribution < -0.4 is 70.4 Å². The molecule has 0 aromatic carbocycles. The van der Waals surface area contributed by atoms with E-state index < -0.39 is 228 Å². The minimum absolute atomic E-state index is 0.0182. The second kappa shape index (κ2) is 30.7. The lowest BCUT2D eigenvalue weighted by atomic mass is 9.94. The molecule has 0 amide bonds. The van der Waals surface area contributed by atoms with Gasteiger partial charge in [0.25, 0.3) is 22.2 Å². The van der Waals surface area contributed by atoms with E-state index in [9.17, 15) is 48.2 Å². The summed E-state index contributed by atoms with van der Waals surface area (Å²) < 4.78 is 131. The Kier molecular flexibility index (Phi) is 22.2. The molecule has 630 valence electrons. The van der Waals surface area contributed by atoms with Gasteiger partial charge in [-0.05, 0) is 34.6 Å². The lowest BCUT2D eigenvalue weighted by Gasteiger charge is -2.42. The third-order valence-corrected chi connectivity index (χ3v) is 28.9. The van der Waals surface area contributed by atoms with Crippen LogP contribution in [0.5, 0.6) is 0 Å². The van der Waals surface area contributed by atoms with Crippen molar-refractivity contribution in [1.82, 2.24) is 77.7 Å². The highest BCUT2D eigenvalue weighted by molar-refractivity contribution is 8.32. The summed E-state index contributed by atoms with van der Waals surface area (Å²) in [6.45, 7) is -21.3. The summed E-state index contributed by atoms with van der Waals surface area (Å²) in [4.78, 5) is 175. The maximum Gasteiger partial charge on any atom is 0.330 e. The number of nitrogens with two attached hydrogens (primary N) is 3. The lowest BCUT2D eigenvalue weighted by molar-refractivity contribution is -0.245. The molecule has 0 radical (unpaired) electrons. The number of aromatic amines is 4. The molecule has 0 spiro atoms. The molecular formula is C57H67N19O30P5S5-5. The molecule has 8 aromatic rings. The summed E-state index contributed by atoms with van der Waals surface area (Å²) in [6, 6.07) is 0. The fourth-order valence-corrected chi connectivity index (χ4v) is 22.1. The van der Waals surface area contributed by atoms with Gasteiger partial charge in [0, 0.05) is 43.5 Å². The lowest BCUT2D eigenvalue weighted by Crippen LogP contribution is -2.52. The van der Waals surface area contributed by atoms with Crippen molar-refractivity contribution in [2.75, 3.05) is 57.3 Å². The first-order valence-electron chi connectivity index (χ1n) is 34.7. The summed E-state index contributed by atoms with van der Waals surface area (Å²) in [5.41, 5.74) is 7.05. The van der Waals surface area contributed by atoms with E-state index in [0.717, 1.165) is 28.8 Å². The number of hydrogen-bond acceptors (Lipinski definition) is 45. The molecule has 116 heavy (non-hydrogen) atoms.